The summed E-state index contributed by atoms with van der Waals surface area (Å²) in [6.45, 7) is 12.6. The molecule has 0 spiro atoms. The highest BCUT2D eigenvalue weighted by Gasteiger charge is 2.71. The summed E-state index contributed by atoms with van der Waals surface area (Å²) in [5.41, 5.74) is -3.34. The van der Waals surface area contributed by atoms with Gasteiger partial charge in [0.1, 0.15) is 22.8 Å². The lowest BCUT2D eigenvalue weighted by molar-refractivity contribution is -0.171. The number of Topliss-reactive ketones (excluding diaryl/α,β-unsaturated/α-hetero) is 3. The molecule has 41 heavy (non-hydrogen) atoms. The summed E-state index contributed by atoms with van der Waals surface area (Å²) in [5, 5.41) is 46.1. The van der Waals surface area contributed by atoms with Crippen molar-refractivity contribution in [3.8, 4) is 5.75 Å². The Morgan fingerprint density at radius 1 is 1.07 bits per heavy atom. The Hall–Kier alpha value is -3.19. The van der Waals surface area contributed by atoms with E-state index in [1.807, 2.05) is 20.8 Å². The molecule has 220 valence electrons. The Labute approximate surface area is 241 Å². The molecule has 4 aliphatic rings. The molecule has 4 aliphatic carbocycles. The normalized spacial score (nSPS) is 32.1. The van der Waals surface area contributed by atoms with E-state index in [0.717, 1.165) is 37.3 Å². The third-order valence-electron chi connectivity index (χ3n) is 10.5. The summed E-state index contributed by atoms with van der Waals surface area (Å²) in [5.74, 6) is -4.53. The molecule has 1 fully saturated rings. The monoisotopic (exact) mass is 562 g/mol. The number of aliphatic hydroxyl groups excluding tert-OH is 2. The minimum Gasteiger partial charge on any atom is -0.511 e. The van der Waals surface area contributed by atoms with Crippen molar-refractivity contribution in [3.05, 3.63) is 58.1 Å². The van der Waals surface area contributed by atoms with Gasteiger partial charge in [-0.25, -0.2) is 0 Å². The van der Waals surface area contributed by atoms with E-state index in [1.54, 1.807) is 13.0 Å². The van der Waals surface area contributed by atoms with Gasteiger partial charge in [-0.15, -0.1) is 0 Å². The second kappa shape index (κ2) is 9.69. The van der Waals surface area contributed by atoms with Crippen LogP contribution in [0.5, 0.6) is 5.75 Å². The number of ketones is 3. The van der Waals surface area contributed by atoms with Crippen molar-refractivity contribution in [2.24, 2.45) is 28.6 Å². The first-order valence-corrected chi connectivity index (χ1v) is 14.8. The van der Waals surface area contributed by atoms with Gasteiger partial charge >= 0.3 is 0 Å². The zero-order valence-electron chi connectivity index (χ0n) is 24.8. The molecular weight excluding hydrogens is 520 g/mol. The van der Waals surface area contributed by atoms with Crippen molar-refractivity contribution >= 4 is 22.9 Å². The number of fused-ring (bicyclic) bond motifs is 3. The first-order chi connectivity index (χ1) is 19.1. The van der Waals surface area contributed by atoms with Gasteiger partial charge in [0.05, 0.1) is 5.56 Å². The van der Waals surface area contributed by atoms with E-state index in [4.69, 9.17) is 0 Å². The number of aliphatic hydroxyl groups is 3. The van der Waals surface area contributed by atoms with Crippen molar-refractivity contribution in [3.63, 3.8) is 0 Å². The van der Waals surface area contributed by atoms with Crippen LogP contribution in [0.2, 0.25) is 0 Å². The molecule has 5 rings (SSSR count). The molecule has 0 saturated heterocycles. The van der Waals surface area contributed by atoms with E-state index >= 15 is 0 Å². The van der Waals surface area contributed by atoms with Gasteiger partial charge in [0.2, 0.25) is 5.78 Å². The van der Waals surface area contributed by atoms with Gasteiger partial charge in [-0.1, -0.05) is 72.4 Å². The van der Waals surface area contributed by atoms with Crippen molar-refractivity contribution < 1.29 is 34.8 Å². The fourth-order valence-corrected chi connectivity index (χ4v) is 8.91. The number of hydrogen-bond donors (Lipinski definition) is 4. The fraction of sp³-hybridized carbons (Fsp3) is 0.559. The van der Waals surface area contributed by atoms with Gasteiger partial charge in [0, 0.05) is 22.3 Å². The largest absolute Gasteiger partial charge is 0.511 e. The summed E-state index contributed by atoms with van der Waals surface area (Å²) < 4.78 is 0. The minimum absolute atomic E-state index is 0.0485. The lowest BCUT2D eigenvalue weighted by Crippen LogP contribution is -2.67. The van der Waals surface area contributed by atoms with Crippen molar-refractivity contribution in [2.45, 2.75) is 91.6 Å². The van der Waals surface area contributed by atoms with Crippen LogP contribution >= 0.6 is 0 Å². The Morgan fingerprint density at radius 3 is 2.29 bits per heavy atom. The number of hydrogen-bond acceptors (Lipinski definition) is 7. The van der Waals surface area contributed by atoms with Gasteiger partial charge in [0.25, 0.3) is 0 Å². The van der Waals surface area contributed by atoms with Gasteiger partial charge in [-0.3, -0.25) is 14.4 Å². The predicted molar refractivity (Wildman–Crippen MR) is 155 cm³/mol. The van der Waals surface area contributed by atoms with Crippen LogP contribution in [0.15, 0.2) is 41.4 Å². The molecule has 4 N–H and O–H groups in total. The number of benzene rings is 1. The molecule has 1 aromatic rings. The van der Waals surface area contributed by atoms with Crippen LogP contribution in [-0.4, -0.2) is 43.4 Å². The predicted octanol–water partition coefficient (Wildman–Crippen LogP) is 6.33. The van der Waals surface area contributed by atoms with Crippen LogP contribution in [0.3, 0.4) is 0 Å². The molecule has 7 heteroatoms. The summed E-state index contributed by atoms with van der Waals surface area (Å²) in [6.07, 6.45) is 7.04. The highest BCUT2D eigenvalue weighted by Crippen LogP contribution is 2.65. The lowest BCUT2D eigenvalue weighted by Gasteiger charge is -2.59. The van der Waals surface area contributed by atoms with E-state index in [-0.39, 0.29) is 41.4 Å². The molecule has 0 heterocycles. The topological polar surface area (TPSA) is 132 Å². The van der Waals surface area contributed by atoms with Crippen LogP contribution < -0.4 is 0 Å². The molecule has 0 aliphatic heterocycles. The summed E-state index contributed by atoms with van der Waals surface area (Å²) in [6, 6.07) is 3.27. The molecule has 1 unspecified atom stereocenters. The molecule has 1 saturated carbocycles. The van der Waals surface area contributed by atoms with Crippen LogP contribution in [0.1, 0.15) is 101 Å². The Kier molecular flexibility index (Phi) is 6.92. The molecule has 0 amide bonds. The molecular formula is C34H42O7. The molecule has 0 aromatic heterocycles. The Bertz CT molecular complexity index is 1440. The maximum Gasteiger partial charge on any atom is 0.209 e. The Balaban J connectivity index is 1.70. The first kappa shape index (κ1) is 29.3. The highest BCUT2D eigenvalue weighted by atomic mass is 16.3. The third-order valence-corrected chi connectivity index (χ3v) is 10.5. The molecule has 4 atom stereocenters. The van der Waals surface area contributed by atoms with E-state index in [1.165, 1.54) is 25.3 Å². The minimum atomic E-state index is -2.60. The second-order valence-corrected chi connectivity index (χ2v) is 13.8. The van der Waals surface area contributed by atoms with E-state index in [9.17, 15) is 34.8 Å². The smallest absolute Gasteiger partial charge is 0.209 e. The SMILES string of the molecule is C=C(CC1CCCCC1)c1ccc(O)c2c1C[C@]1(C)C[C@]3(C)C(C(C)C)C(O)=C(C(C)=O)C(=O)[C@]3(O)C(O)=C1C2=O. The fourth-order valence-electron chi connectivity index (χ4n) is 8.91. The zero-order valence-corrected chi connectivity index (χ0v) is 24.8. The van der Waals surface area contributed by atoms with E-state index in [0.29, 0.717) is 11.5 Å². The van der Waals surface area contributed by atoms with Gasteiger partial charge in [-0.2, -0.15) is 0 Å². The van der Waals surface area contributed by atoms with E-state index in [2.05, 4.69) is 6.58 Å². The molecule has 1 aromatic carbocycles. The van der Waals surface area contributed by atoms with Crippen molar-refractivity contribution in [2.75, 3.05) is 0 Å². The third kappa shape index (κ3) is 3.98. The maximum atomic E-state index is 14.2. The second-order valence-electron chi connectivity index (χ2n) is 13.8. The van der Waals surface area contributed by atoms with Crippen molar-refractivity contribution in [1.82, 2.24) is 0 Å². The lowest BCUT2D eigenvalue weighted by atomic mass is 9.44. The maximum absolute atomic E-state index is 14.2. The number of allylic oxidation sites excluding steroid dienone is 3. The number of phenolic OH excluding ortho intramolecular Hbond substituents is 1. The average molecular weight is 563 g/mol. The van der Waals surface area contributed by atoms with Gasteiger partial charge in [-0.05, 0) is 60.8 Å². The number of phenols is 1. The summed E-state index contributed by atoms with van der Waals surface area (Å²) in [7, 11) is 0. The Morgan fingerprint density at radius 2 is 1.71 bits per heavy atom. The quantitative estimate of drug-likeness (QED) is 0.308. The number of carbonyl (C=O) groups is 3. The highest BCUT2D eigenvalue weighted by molar-refractivity contribution is 6.25. The van der Waals surface area contributed by atoms with Crippen LogP contribution in [-0.2, 0) is 16.0 Å². The molecule has 0 radical (unpaired) electrons. The average Bonchev–Trinajstić information content (AvgIpc) is 2.86. The summed E-state index contributed by atoms with van der Waals surface area (Å²) in [4.78, 5) is 40.5. The van der Waals surface area contributed by atoms with Gasteiger partial charge < -0.3 is 20.4 Å². The van der Waals surface area contributed by atoms with Crippen molar-refractivity contribution in [1.29, 1.82) is 0 Å². The number of carbonyl (C=O) groups excluding carboxylic acids is 3. The van der Waals surface area contributed by atoms with Crippen LogP contribution in [0, 0.1) is 28.6 Å². The molecule has 7 nitrogen and oxygen atoms in total. The summed E-state index contributed by atoms with van der Waals surface area (Å²) >= 11 is 0. The van der Waals surface area contributed by atoms with Gasteiger partial charge in [0.15, 0.2) is 17.2 Å². The van der Waals surface area contributed by atoms with E-state index < -0.39 is 51.0 Å². The first-order valence-electron chi connectivity index (χ1n) is 14.8. The van der Waals surface area contributed by atoms with Crippen LogP contribution in [0.4, 0.5) is 0 Å². The standard InChI is InChI=1S/C34H42O7/c1-17(2)26-28(37)24(19(4)35)30(39)34(41)31(40)27-29(38)25-22(15-32(27,5)16-33(26,34)6)21(12-13-23(25)36)18(3)14-20-10-8-7-9-11-20/h12-13,17,20,26,36-37,40-41H,3,7-11,14-16H2,1-2,4-6H3/t26?,32-,33-,34+/m1/s1. The zero-order chi connectivity index (χ0) is 30.2. The number of rotatable bonds is 5. The molecule has 0 bridgehead atoms. The van der Waals surface area contributed by atoms with Crippen LogP contribution in [0.25, 0.3) is 5.57 Å². The number of aromatic hydroxyl groups is 1.